The van der Waals surface area contributed by atoms with E-state index in [1.165, 1.54) is 24.8 Å². The van der Waals surface area contributed by atoms with E-state index < -0.39 is 5.91 Å². The van der Waals surface area contributed by atoms with Crippen LogP contribution in [0.3, 0.4) is 0 Å². The van der Waals surface area contributed by atoms with Gasteiger partial charge in [-0.25, -0.2) is 0 Å². The Bertz CT molecular complexity index is 802. The fourth-order valence-electron chi connectivity index (χ4n) is 2.12. The Balaban J connectivity index is 2.20. The summed E-state index contributed by atoms with van der Waals surface area (Å²) in [5.41, 5.74) is 2.34. The number of methoxy groups -OCH3 is 1. The third-order valence-electron chi connectivity index (χ3n) is 3.50. The summed E-state index contributed by atoms with van der Waals surface area (Å²) in [5.74, 6) is -0.223. The Labute approximate surface area is 140 Å². The number of aryl methyl sites for hydroxylation is 1. The molecular weight excluding hydrogens is 304 g/mol. The lowest BCUT2D eigenvalue weighted by Crippen LogP contribution is -2.13. The molecule has 0 bridgehead atoms. The number of phenols is 1. The van der Waals surface area contributed by atoms with Crippen LogP contribution in [0.5, 0.6) is 11.5 Å². The van der Waals surface area contributed by atoms with Crippen molar-refractivity contribution in [1.82, 2.24) is 0 Å². The highest BCUT2D eigenvalue weighted by atomic mass is 16.5. The van der Waals surface area contributed by atoms with E-state index in [-0.39, 0.29) is 17.1 Å². The van der Waals surface area contributed by atoms with Crippen molar-refractivity contribution >= 4 is 17.7 Å². The Hall–Kier alpha value is -3.26. The number of amides is 1. The summed E-state index contributed by atoms with van der Waals surface area (Å²) in [6.07, 6.45) is 2.36. The molecule has 0 radical (unpaired) electrons. The van der Waals surface area contributed by atoms with E-state index in [4.69, 9.17) is 4.74 Å². The lowest BCUT2D eigenvalue weighted by atomic mass is 10.1. The summed E-state index contributed by atoms with van der Waals surface area (Å²) in [5, 5.41) is 21.5. The van der Waals surface area contributed by atoms with Crippen molar-refractivity contribution in [3.05, 3.63) is 59.2 Å². The van der Waals surface area contributed by atoms with Crippen LogP contribution in [0.4, 0.5) is 5.69 Å². The number of benzene rings is 2. The lowest BCUT2D eigenvalue weighted by molar-refractivity contribution is -0.112. The van der Waals surface area contributed by atoms with Crippen LogP contribution < -0.4 is 10.1 Å². The molecule has 2 aromatic carbocycles. The maximum atomic E-state index is 12.2. The molecule has 1 amide bonds. The van der Waals surface area contributed by atoms with Gasteiger partial charge >= 0.3 is 0 Å². The highest BCUT2D eigenvalue weighted by Gasteiger charge is 2.10. The second-order valence-electron chi connectivity index (χ2n) is 5.11. The zero-order valence-corrected chi connectivity index (χ0v) is 13.5. The van der Waals surface area contributed by atoms with Crippen molar-refractivity contribution < 1.29 is 14.6 Å². The van der Waals surface area contributed by atoms with Crippen LogP contribution >= 0.6 is 0 Å². The normalized spacial score (nSPS) is 10.8. The zero-order chi connectivity index (χ0) is 17.5. The fourth-order valence-corrected chi connectivity index (χ4v) is 2.12. The monoisotopic (exact) mass is 322 g/mol. The number of hydrogen-bond acceptors (Lipinski definition) is 4. The van der Waals surface area contributed by atoms with Gasteiger partial charge in [0.1, 0.15) is 11.6 Å². The molecule has 0 unspecified atom stereocenters. The van der Waals surface area contributed by atoms with Crippen molar-refractivity contribution in [3.8, 4) is 17.6 Å². The molecule has 0 aliphatic heterocycles. The summed E-state index contributed by atoms with van der Waals surface area (Å²) in [7, 11) is 1.43. The molecule has 2 rings (SSSR count). The molecule has 0 heterocycles. The zero-order valence-electron chi connectivity index (χ0n) is 13.5. The van der Waals surface area contributed by atoms with Gasteiger partial charge < -0.3 is 15.2 Å². The molecule has 0 aromatic heterocycles. The van der Waals surface area contributed by atoms with Gasteiger partial charge in [-0.05, 0) is 47.9 Å². The highest BCUT2D eigenvalue weighted by molar-refractivity contribution is 6.09. The van der Waals surface area contributed by atoms with Crippen molar-refractivity contribution in [1.29, 1.82) is 5.26 Å². The van der Waals surface area contributed by atoms with Gasteiger partial charge in [0.15, 0.2) is 11.5 Å². The number of hydrogen-bond donors (Lipinski definition) is 2. The largest absolute Gasteiger partial charge is 0.504 e. The number of anilines is 1. The average Bonchev–Trinajstić information content (AvgIpc) is 2.61. The van der Waals surface area contributed by atoms with Gasteiger partial charge in [-0.2, -0.15) is 5.26 Å². The second-order valence-corrected chi connectivity index (χ2v) is 5.11. The van der Waals surface area contributed by atoms with Gasteiger partial charge in [0.05, 0.1) is 7.11 Å². The number of nitriles is 1. The van der Waals surface area contributed by atoms with Crippen molar-refractivity contribution in [2.75, 3.05) is 12.4 Å². The summed E-state index contributed by atoms with van der Waals surface area (Å²) in [6.45, 7) is 2.05. The molecule has 2 aromatic rings. The number of rotatable bonds is 5. The minimum Gasteiger partial charge on any atom is -0.504 e. The van der Waals surface area contributed by atoms with E-state index in [0.717, 1.165) is 6.42 Å². The standard InChI is InChI=1S/C19H18N2O3/c1-3-13-4-7-16(8-5-13)21-19(23)15(12-20)10-14-6-9-17(22)18(11-14)24-2/h4-11,22H,3H2,1-2H3,(H,21,23)/b15-10+. The second kappa shape index (κ2) is 7.84. The number of aromatic hydroxyl groups is 1. The molecule has 0 spiro atoms. The average molecular weight is 322 g/mol. The fraction of sp³-hybridized carbons (Fsp3) is 0.158. The summed E-state index contributed by atoms with van der Waals surface area (Å²) in [4.78, 5) is 12.2. The maximum absolute atomic E-state index is 12.2. The molecule has 0 aliphatic rings. The predicted octanol–water partition coefficient (Wildman–Crippen LogP) is 3.51. The Morgan fingerprint density at radius 1 is 1.29 bits per heavy atom. The molecule has 0 saturated carbocycles. The molecule has 0 atom stereocenters. The molecule has 5 heteroatoms. The van der Waals surface area contributed by atoms with Crippen LogP contribution in [-0.2, 0) is 11.2 Å². The highest BCUT2D eigenvalue weighted by Crippen LogP contribution is 2.27. The van der Waals surface area contributed by atoms with Gasteiger partial charge in [-0.1, -0.05) is 25.1 Å². The van der Waals surface area contributed by atoms with Gasteiger partial charge in [0.25, 0.3) is 5.91 Å². The first kappa shape index (κ1) is 17.1. The number of phenolic OH excluding ortho intramolecular Hbond substituents is 1. The molecule has 5 nitrogen and oxygen atoms in total. The van der Waals surface area contributed by atoms with E-state index in [9.17, 15) is 15.2 Å². The third-order valence-corrected chi connectivity index (χ3v) is 3.50. The first-order valence-corrected chi connectivity index (χ1v) is 7.46. The summed E-state index contributed by atoms with van der Waals surface area (Å²) >= 11 is 0. The van der Waals surface area contributed by atoms with Gasteiger partial charge in [0.2, 0.25) is 0 Å². The number of carbonyl (C=O) groups is 1. The van der Waals surface area contributed by atoms with E-state index in [0.29, 0.717) is 11.3 Å². The molecule has 122 valence electrons. The maximum Gasteiger partial charge on any atom is 0.266 e. The molecule has 0 aliphatic carbocycles. The van der Waals surface area contributed by atoms with E-state index >= 15 is 0 Å². The van der Waals surface area contributed by atoms with Gasteiger partial charge in [-0.3, -0.25) is 4.79 Å². The summed E-state index contributed by atoms with van der Waals surface area (Å²) in [6, 6.07) is 13.9. The Morgan fingerprint density at radius 3 is 2.58 bits per heavy atom. The van der Waals surface area contributed by atoms with E-state index in [1.807, 2.05) is 18.2 Å². The van der Waals surface area contributed by atoms with Crippen LogP contribution in [0.15, 0.2) is 48.0 Å². The Morgan fingerprint density at radius 2 is 2.00 bits per heavy atom. The predicted molar refractivity (Wildman–Crippen MR) is 92.7 cm³/mol. The van der Waals surface area contributed by atoms with Crippen molar-refractivity contribution in [2.24, 2.45) is 0 Å². The molecule has 0 fully saturated rings. The van der Waals surface area contributed by atoms with E-state index in [2.05, 4.69) is 12.2 Å². The van der Waals surface area contributed by atoms with Crippen LogP contribution in [-0.4, -0.2) is 18.1 Å². The Kier molecular flexibility index (Phi) is 5.58. The third kappa shape index (κ3) is 4.14. The molecule has 24 heavy (non-hydrogen) atoms. The number of carbonyl (C=O) groups excluding carboxylic acids is 1. The SMILES string of the molecule is CCc1ccc(NC(=O)/C(C#N)=C/c2ccc(O)c(OC)c2)cc1. The van der Waals surface area contributed by atoms with Crippen LogP contribution in [0.25, 0.3) is 6.08 Å². The lowest BCUT2D eigenvalue weighted by Gasteiger charge is -2.06. The van der Waals surface area contributed by atoms with Gasteiger partial charge in [-0.15, -0.1) is 0 Å². The number of nitrogens with zero attached hydrogens (tertiary/aromatic N) is 1. The number of ether oxygens (including phenoxy) is 1. The van der Waals surface area contributed by atoms with Crippen molar-refractivity contribution in [3.63, 3.8) is 0 Å². The van der Waals surface area contributed by atoms with Crippen LogP contribution in [0, 0.1) is 11.3 Å². The van der Waals surface area contributed by atoms with Gasteiger partial charge in [0, 0.05) is 5.69 Å². The molecular formula is C19H18N2O3. The molecule has 2 N–H and O–H groups in total. The van der Waals surface area contributed by atoms with Crippen molar-refractivity contribution in [2.45, 2.75) is 13.3 Å². The van der Waals surface area contributed by atoms with Crippen LogP contribution in [0.1, 0.15) is 18.1 Å². The van der Waals surface area contributed by atoms with E-state index in [1.54, 1.807) is 24.3 Å². The minimum absolute atomic E-state index is 0.00590. The van der Waals surface area contributed by atoms with Crippen LogP contribution in [0.2, 0.25) is 0 Å². The quantitative estimate of drug-likeness (QED) is 0.652. The number of nitrogens with one attached hydrogen (secondary N) is 1. The topological polar surface area (TPSA) is 82.4 Å². The summed E-state index contributed by atoms with van der Waals surface area (Å²) < 4.78 is 5.02. The first-order chi connectivity index (χ1) is 11.6. The smallest absolute Gasteiger partial charge is 0.266 e. The minimum atomic E-state index is -0.492. The first-order valence-electron chi connectivity index (χ1n) is 7.46. The molecule has 0 saturated heterocycles.